The largest absolute Gasteiger partial charge is 0.494 e. The van der Waals surface area contributed by atoms with Crippen molar-refractivity contribution in [1.29, 1.82) is 0 Å². The number of hydrogen-bond donors (Lipinski definition) is 1. The molecule has 0 aliphatic carbocycles. The number of nitrogens with zero attached hydrogens (tertiary/aromatic N) is 1. The summed E-state index contributed by atoms with van der Waals surface area (Å²) in [5, 5.41) is 3.53. The zero-order valence-corrected chi connectivity index (χ0v) is 11.4. The van der Waals surface area contributed by atoms with E-state index >= 15 is 0 Å². The summed E-state index contributed by atoms with van der Waals surface area (Å²) in [5.74, 6) is 0.821. The fourth-order valence-corrected chi connectivity index (χ4v) is 3.27. The summed E-state index contributed by atoms with van der Waals surface area (Å²) in [4.78, 5) is 2.53. The predicted molar refractivity (Wildman–Crippen MR) is 72.7 cm³/mol. The molecule has 0 spiro atoms. The Labute approximate surface area is 113 Å². The quantitative estimate of drug-likeness (QED) is 0.904. The van der Waals surface area contributed by atoms with Crippen molar-refractivity contribution in [2.24, 2.45) is 5.92 Å². The van der Waals surface area contributed by atoms with Gasteiger partial charge in [-0.3, -0.25) is 4.90 Å². The molecule has 1 N–H and O–H groups in total. The highest BCUT2D eigenvalue weighted by molar-refractivity contribution is 5.30. The molecule has 1 aromatic rings. The molecular weight excluding hydrogens is 243 g/mol. The highest BCUT2D eigenvalue weighted by Gasteiger charge is 2.31. The van der Waals surface area contributed by atoms with E-state index < -0.39 is 0 Å². The lowest BCUT2D eigenvalue weighted by Gasteiger charge is -2.36. The van der Waals surface area contributed by atoms with E-state index in [1.54, 1.807) is 0 Å². The lowest BCUT2D eigenvalue weighted by atomic mass is 9.94. The van der Waals surface area contributed by atoms with Crippen LogP contribution < -0.4 is 10.1 Å². The van der Waals surface area contributed by atoms with Crippen molar-refractivity contribution in [3.05, 3.63) is 29.6 Å². The SMILES string of the molecule is COc1cc(CN2C[C@@H]3CC[C@H]2CNC3)ccc1F. The Morgan fingerprint density at radius 2 is 2.26 bits per heavy atom. The Morgan fingerprint density at radius 3 is 3.11 bits per heavy atom. The summed E-state index contributed by atoms with van der Waals surface area (Å²) in [5.41, 5.74) is 1.13. The van der Waals surface area contributed by atoms with Crippen LogP contribution in [0.15, 0.2) is 18.2 Å². The Balaban J connectivity index is 1.74. The van der Waals surface area contributed by atoms with Crippen molar-refractivity contribution in [3.8, 4) is 5.75 Å². The zero-order valence-electron chi connectivity index (χ0n) is 11.4. The number of rotatable bonds is 3. The Kier molecular flexibility index (Phi) is 3.71. The number of ether oxygens (including phenoxy) is 1. The molecule has 19 heavy (non-hydrogen) atoms. The second-order valence-corrected chi connectivity index (χ2v) is 5.65. The molecule has 3 aliphatic heterocycles. The van der Waals surface area contributed by atoms with E-state index in [0.29, 0.717) is 11.8 Å². The minimum Gasteiger partial charge on any atom is -0.494 e. The van der Waals surface area contributed by atoms with E-state index in [1.165, 1.54) is 26.0 Å². The molecule has 0 radical (unpaired) electrons. The van der Waals surface area contributed by atoms with E-state index in [2.05, 4.69) is 10.2 Å². The van der Waals surface area contributed by atoms with Crippen molar-refractivity contribution in [2.75, 3.05) is 26.7 Å². The van der Waals surface area contributed by atoms with Gasteiger partial charge in [0.2, 0.25) is 0 Å². The third-order valence-electron chi connectivity index (χ3n) is 4.33. The second-order valence-electron chi connectivity index (χ2n) is 5.65. The first-order chi connectivity index (χ1) is 9.26. The Bertz CT molecular complexity index is 448. The molecule has 0 aromatic heterocycles. The maximum absolute atomic E-state index is 13.4. The third kappa shape index (κ3) is 2.74. The number of piperidine rings is 1. The molecule has 4 heteroatoms. The molecule has 3 fully saturated rings. The summed E-state index contributed by atoms with van der Waals surface area (Å²) in [6.07, 6.45) is 2.61. The van der Waals surface area contributed by atoms with Crippen molar-refractivity contribution >= 4 is 0 Å². The summed E-state index contributed by atoms with van der Waals surface area (Å²) in [6.45, 7) is 4.26. The monoisotopic (exact) mass is 264 g/mol. The normalized spacial score (nSPS) is 27.3. The van der Waals surface area contributed by atoms with Crippen LogP contribution in [-0.4, -0.2) is 37.7 Å². The number of nitrogens with one attached hydrogen (secondary N) is 1. The van der Waals surface area contributed by atoms with Gasteiger partial charge in [-0.15, -0.1) is 0 Å². The highest BCUT2D eigenvalue weighted by Crippen LogP contribution is 2.27. The first kappa shape index (κ1) is 12.9. The van der Waals surface area contributed by atoms with Crippen molar-refractivity contribution in [2.45, 2.75) is 25.4 Å². The van der Waals surface area contributed by atoms with Gasteiger partial charge >= 0.3 is 0 Å². The van der Waals surface area contributed by atoms with Gasteiger partial charge in [-0.25, -0.2) is 4.39 Å². The van der Waals surface area contributed by atoms with Gasteiger partial charge in [0.15, 0.2) is 11.6 Å². The van der Waals surface area contributed by atoms with Crippen molar-refractivity contribution < 1.29 is 9.13 Å². The third-order valence-corrected chi connectivity index (χ3v) is 4.33. The molecule has 3 saturated heterocycles. The van der Waals surface area contributed by atoms with Crippen LogP contribution in [-0.2, 0) is 6.54 Å². The minimum absolute atomic E-state index is 0.287. The van der Waals surface area contributed by atoms with Crippen LogP contribution in [0, 0.1) is 11.7 Å². The number of halogens is 1. The van der Waals surface area contributed by atoms with Crippen molar-refractivity contribution in [1.82, 2.24) is 10.2 Å². The molecule has 2 atom stereocenters. The molecule has 4 rings (SSSR count). The van der Waals surface area contributed by atoms with E-state index in [-0.39, 0.29) is 5.82 Å². The van der Waals surface area contributed by atoms with Crippen LogP contribution in [0.5, 0.6) is 5.75 Å². The number of hydrogen-bond acceptors (Lipinski definition) is 3. The van der Waals surface area contributed by atoms with E-state index in [1.807, 2.05) is 12.1 Å². The second kappa shape index (κ2) is 5.47. The Hall–Kier alpha value is -1.13. The molecule has 0 unspecified atom stereocenters. The molecule has 0 amide bonds. The first-order valence-electron chi connectivity index (χ1n) is 7.03. The lowest BCUT2D eigenvalue weighted by Crippen LogP contribution is -2.42. The lowest BCUT2D eigenvalue weighted by molar-refractivity contribution is 0.126. The molecular formula is C15H21FN2O. The van der Waals surface area contributed by atoms with Gasteiger partial charge in [0.05, 0.1) is 7.11 Å². The van der Waals surface area contributed by atoms with Crippen LogP contribution in [0.1, 0.15) is 18.4 Å². The summed E-state index contributed by atoms with van der Waals surface area (Å²) in [6, 6.07) is 5.81. The number of benzene rings is 1. The first-order valence-corrected chi connectivity index (χ1v) is 7.03. The molecule has 3 nitrogen and oxygen atoms in total. The molecule has 3 heterocycles. The van der Waals surface area contributed by atoms with E-state index in [9.17, 15) is 4.39 Å². The highest BCUT2D eigenvalue weighted by atomic mass is 19.1. The van der Waals surface area contributed by atoms with Gasteiger partial charge in [0.25, 0.3) is 0 Å². The van der Waals surface area contributed by atoms with Gasteiger partial charge < -0.3 is 10.1 Å². The van der Waals surface area contributed by atoms with Crippen LogP contribution in [0.4, 0.5) is 4.39 Å². The van der Waals surface area contributed by atoms with Crippen molar-refractivity contribution in [3.63, 3.8) is 0 Å². The zero-order chi connectivity index (χ0) is 13.2. The maximum Gasteiger partial charge on any atom is 0.165 e. The minimum atomic E-state index is -0.287. The topological polar surface area (TPSA) is 24.5 Å². The Morgan fingerprint density at radius 1 is 1.37 bits per heavy atom. The average Bonchev–Trinajstić information content (AvgIpc) is 2.76. The van der Waals surface area contributed by atoms with Crippen LogP contribution in [0.25, 0.3) is 0 Å². The summed E-state index contributed by atoms with van der Waals surface area (Å²) >= 11 is 0. The van der Waals surface area contributed by atoms with Gasteiger partial charge in [-0.1, -0.05) is 6.07 Å². The molecule has 1 aromatic carbocycles. The van der Waals surface area contributed by atoms with E-state index in [0.717, 1.165) is 37.7 Å². The average molecular weight is 264 g/mol. The van der Waals surface area contributed by atoms with E-state index in [4.69, 9.17) is 4.74 Å². The fraction of sp³-hybridized carbons (Fsp3) is 0.600. The molecule has 2 bridgehead atoms. The fourth-order valence-electron chi connectivity index (χ4n) is 3.27. The molecule has 0 saturated carbocycles. The number of fused-ring (bicyclic) bond motifs is 4. The van der Waals surface area contributed by atoms with Crippen LogP contribution in [0.2, 0.25) is 0 Å². The summed E-state index contributed by atoms with van der Waals surface area (Å²) < 4.78 is 18.5. The smallest absolute Gasteiger partial charge is 0.165 e. The molecule has 3 aliphatic rings. The van der Waals surface area contributed by atoms with Crippen LogP contribution >= 0.6 is 0 Å². The predicted octanol–water partition coefficient (Wildman–Crippen LogP) is 2.02. The number of methoxy groups -OCH3 is 1. The van der Waals surface area contributed by atoms with Gasteiger partial charge in [-0.2, -0.15) is 0 Å². The van der Waals surface area contributed by atoms with Gasteiger partial charge in [-0.05, 0) is 43.0 Å². The summed E-state index contributed by atoms with van der Waals surface area (Å²) in [7, 11) is 1.51. The van der Waals surface area contributed by atoms with Gasteiger partial charge in [0.1, 0.15) is 0 Å². The van der Waals surface area contributed by atoms with Crippen LogP contribution in [0.3, 0.4) is 0 Å². The standard InChI is InChI=1S/C15H21FN2O/c1-19-15-6-11(3-5-14(15)16)9-18-10-12-2-4-13(18)8-17-7-12/h3,5-6,12-13,17H,2,4,7-10H2,1H3/t12-,13+/m1/s1. The molecule has 104 valence electrons. The van der Waals surface area contributed by atoms with Gasteiger partial charge in [0, 0.05) is 25.7 Å². The maximum atomic E-state index is 13.4.